The van der Waals surface area contributed by atoms with E-state index in [9.17, 15) is 9.90 Å². The fourth-order valence-corrected chi connectivity index (χ4v) is 4.37. The molecule has 0 saturated carbocycles. The van der Waals surface area contributed by atoms with Crippen LogP contribution in [0.4, 0.5) is 0 Å². The Morgan fingerprint density at radius 1 is 1.25 bits per heavy atom. The number of ether oxygens (including phenoxy) is 1. The van der Waals surface area contributed by atoms with Crippen LogP contribution in [0.25, 0.3) is 5.69 Å². The number of imidazole rings is 1. The molecule has 1 aliphatic rings. The van der Waals surface area contributed by atoms with Gasteiger partial charge in [-0.3, -0.25) is 4.79 Å². The van der Waals surface area contributed by atoms with E-state index in [2.05, 4.69) is 11.1 Å². The zero-order valence-corrected chi connectivity index (χ0v) is 18.6. The van der Waals surface area contributed by atoms with Gasteiger partial charge in [0, 0.05) is 25.8 Å². The average Bonchev–Trinajstić information content (AvgIpc) is 3.30. The van der Waals surface area contributed by atoms with Crippen molar-refractivity contribution in [1.29, 1.82) is 0 Å². The number of hydrogen-bond acceptors (Lipinski definition) is 5. The topological polar surface area (TPSA) is 93.6 Å². The summed E-state index contributed by atoms with van der Waals surface area (Å²) in [4.78, 5) is 19.1. The largest absolute Gasteiger partial charge is 0.495 e. The highest BCUT2D eigenvalue weighted by atomic mass is 16.5. The van der Waals surface area contributed by atoms with E-state index in [-0.39, 0.29) is 11.8 Å². The monoisotopic (exact) mass is 434 g/mol. The first-order valence-corrected chi connectivity index (χ1v) is 10.9. The predicted octanol–water partition coefficient (Wildman–Crippen LogP) is 2.71. The summed E-state index contributed by atoms with van der Waals surface area (Å²) in [6, 6.07) is 13.9. The summed E-state index contributed by atoms with van der Waals surface area (Å²) in [5, 5.41) is 10.8. The highest BCUT2D eigenvalue weighted by Gasteiger charge is 2.31. The van der Waals surface area contributed by atoms with Gasteiger partial charge in [0.15, 0.2) is 0 Å². The molecule has 1 saturated heterocycles. The Bertz CT molecular complexity index is 1090. The number of aliphatic hydroxyl groups is 1. The minimum atomic E-state index is -0.586. The number of benzene rings is 2. The number of carbonyl (C=O) groups is 1. The molecule has 1 unspecified atom stereocenters. The Labute approximate surface area is 188 Å². The highest BCUT2D eigenvalue weighted by molar-refractivity contribution is 5.92. The van der Waals surface area contributed by atoms with Crippen molar-refractivity contribution in [2.24, 2.45) is 11.7 Å². The number of nitrogens with zero attached hydrogens (tertiary/aromatic N) is 3. The van der Waals surface area contributed by atoms with Crippen LogP contribution in [0.5, 0.6) is 5.75 Å². The standard InChI is InChI=1S/C25H30N4O3/c1-17-7-8-24(32-2)22(11-17)29-14-21(27-16-29)25(31)28-10-9-19(23(30)15-28)12-18-5-3-4-6-20(18)13-26/h3-8,11,14,16,19,23,30H,9-10,12-13,15,26H2,1-2H3/t19?,23-/m1/s1. The summed E-state index contributed by atoms with van der Waals surface area (Å²) < 4.78 is 7.24. The molecule has 7 nitrogen and oxygen atoms in total. The van der Waals surface area contributed by atoms with Gasteiger partial charge in [-0.05, 0) is 54.5 Å². The van der Waals surface area contributed by atoms with Crippen molar-refractivity contribution in [2.45, 2.75) is 32.4 Å². The summed E-state index contributed by atoms with van der Waals surface area (Å²) >= 11 is 0. The van der Waals surface area contributed by atoms with Crippen LogP contribution in [0.1, 0.15) is 33.6 Å². The van der Waals surface area contributed by atoms with Crippen molar-refractivity contribution in [1.82, 2.24) is 14.5 Å². The minimum absolute atomic E-state index is 0.0980. The van der Waals surface area contributed by atoms with Gasteiger partial charge in [-0.25, -0.2) is 4.98 Å². The van der Waals surface area contributed by atoms with Gasteiger partial charge in [-0.2, -0.15) is 0 Å². The molecular formula is C25H30N4O3. The maximum atomic E-state index is 13.1. The molecule has 0 spiro atoms. The summed E-state index contributed by atoms with van der Waals surface area (Å²) in [5.41, 5.74) is 10.4. The first kappa shape index (κ1) is 22.0. The maximum Gasteiger partial charge on any atom is 0.274 e. The van der Waals surface area contributed by atoms with E-state index in [0.29, 0.717) is 31.1 Å². The molecule has 32 heavy (non-hydrogen) atoms. The van der Waals surface area contributed by atoms with Crippen molar-refractivity contribution in [2.75, 3.05) is 20.2 Å². The highest BCUT2D eigenvalue weighted by Crippen LogP contribution is 2.26. The molecule has 7 heteroatoms. The lowest BCUT2D eigenvalue weighted by molar-refractivity contribution is 0.0194. The van der Waals surface area contributed by atoms with Gasteiger partial charge in [0.25, 0.3) is 5.91 Å². The summed E-state index contributed by atoms with van der Waals surface area (Å²) in [7, 11) is 1.62. The van der Waals surface area contributed by atoms with Crippen LogP contribution in [0.2, 0.25) is 0 Å². The number of β-amino-alcohol motifs (C(OH)–C–C–N with tert-alkyl or cyclic N) is 1. The maximum absolute atomic E-state index is 13.1. The van der Waals surface area contributed by atoms with Gasteiger partial charge in [-0.1, -0.05) is 30.3 Å². The molecule has 2 atom stereocenters. The van der Waals surface area contributed by atoms with Crippen LogP contribution >= 0.6 is 0 Å². The number of aryl methyl sites for hydroxylation is 1. The smallest absolute Gasteiger partial charge is 0.274 e. The normalized spacial score (nSPS) is 18.6. The van der Waals surface area contributed by atoms with Crippen molar-refractivity contribution in [3.8, 4) is 11.4 Å². The second-order valence-corrected chi connectivity index (χ2v) is 8.39. The van der Waals surface area contributed by atoms with Crippen molar-refractivity contribution in [3.63, 3.8) is 0 Å². The van der Waals surface area contributed by atoms with E-state index in [4.69, 9.17) is 10.5 Å². The number of likely N-dealkylation sites (tertiary alicyclic amines) is 1. The van der Waals surface area contributed by atoms with Gasteiger partial charge in [-0.15, -0.1) is 0 Å². The van der Waals surface area contributed by atoms with E-state index in [1.54, 1.807) is 29.1 Å². The van der Waals surface area contributed by atoms with Gasteiger partial charge >= 0.3 is 0 Å². The Morgan fingerprint density at radius 3 is 2.75 bits per heavy atom. The van der Waals surface area contributed by atoms with Crippen LogP contribution < -0.4 is 10.5 Å². The molecule has 2 heterocycles. The zero-order chi connectivity index (χ0) is 22.7. The van der Waals surface area contributed by atoms with Gasteiger partial charge in [0.2, 0.25) is 0 Å². The molecule has 1 aliphatic heterocycles. The number of aliphatic hydroxyl groups excluding tert-OH is 1. The molecule has 1 fully saturated rings. The number of amides is 1. The number of hydrogen-bond donors (Lipinski definition) is 2. The summed E-state index contributed by atoms with van der Waals surface area (Å²) in [6.07, 6.45) is 4.25. The molecule has 0 bridgehead atoms. The predicted molar refractivity (Wildman–Crippen MR) is 123 cm³/mol. The molecule has 1 amide bonds. The second-order valence-electron chi connectivity index (χ2n) is 8.39. The number of methoxy groups -OCH3 is 1. The van der Waals surface area contributed by atoms with E-state index in [0.717, 1.165) is 29.7 Å². The summed E-state index contributed by atoms with van der Waals surface area (Å²) in [5.74, 6) is 0.636. The van der Waals surface area contributed by atoms with Crippen LogP contribution in [0, 0.1) is 12.8 Å². The SMILES string of the molecule is COc1ccc(C)cc1-n1cnc(C(=O)N2CCC(Cc3ccccc3CN)[C@H](O)C2)c1. The molecule has 3 N–H and O–H groups in total. The van der Waals surface area contributed by atoms with Crippen LogP contribution in [-0.2, 0) is 13.0 Å². The number of nitrogens with two attached hydrogens (primary N) is 1. The van der Waals surface area contributed by atoms with Gasteiger partial charge in [0.05, 0.1) is 18.9 Å². The van der Waals surface area contributed by atoms with E-state index in [1.807, 2.05) is 43.3 Å². The number of rotatable bonds is 6. The zero-order valence-electron chi connectivity index (χ0n) is 18.6. The lowest BCUT2D eigenvalue weighted by atomic mass is 9.86. The average molecular weight is 435 g/mol. The fourth-order valence-electron chi connectivity index (χ4n) is 4.37. The minimum Gasteiger partial charge on any atom is -0.495 e. The second kappa shape index (κ2) is 9.54. The number of aromatic nitrogens is 2. The molecule has 1 aromatic heterocycles. The third-order valence-electron chi connectivity index (χ3n) is 6.24. The Morgan fingerprint density at radius 2 is 2.03 bits per heavy atom. The molecule has 2 aromatic carbocycles. The van der Waals surface area contributed by atoms with Crippen molar-refractivity contribution in [3.05, 3.63) is 77.4 Å². The number of piperidine rings is 1. The Kier molecular flexibility index (Phi) is 6.58. The van der Waals surface area contributed by atoms with Gasteiger partial charge < -0.3 is 25.0 Å². The van der Waals surface area contributed by atoms with Crippen LogP contribution in [-0.4, -0.2) is 51.8 Å². The third-order valence-corrected chi connectivity index (χ3v) is 6.24. The molecular weight excluding hydrogens is 404 g/mol. The number of carbonyl (C=O) groups excluding carboxylic acids is 1. The molecule has 3 aromatic rings. The Balaban J connectivity index is 1.44. The van der Waals surface area contributed by atoms with Crippen molar-refractivity contribution >= 4 is 5.91 Å². The Hall–Kier alpha value is -3.16. The first-order chi connectivity index (χ1) is 15.5. The van der Waals surface area contributed by atoms with E-state index >= 15 is 0 Å². The molecule has 4 rings (SSSR count). The fraction of sp³-hybridized carbons (Fsp3) is 0.360. The molecule has 168 valence electrons. The van der Waals surface area contributed by atoms with Crippen molar-refractivity contribution < 1.29 is 14.6 Å². The molecule has 0 radical (unpaired) electrons. The molecule has 0 aliphatic carbocycles. The van der Waals surface area contributed by atoms with E-state index in [1.165, 1.54) is 5.56 Å². The lowest BCUT2D eigenvalue weighted by Crippen LogP contribution is -2.47. The van der Waals surface area contributed by atoms with Crippen LogP contribution in [0.3, 0.4) is 0 Å². The third kappa shape index (κ3) is 4.54. The quantitative estimate of drug-likeness (QED) is 0.622. The van der Waals surface area contributed by atoms with E-state index < -0.39 is 6.10 Å². The van der Waals surface area contributed by atoms with Crippen LogP contribution in [0.15, 0.2) is 55.0 Å². The lowest BCUT2D eigenvalue weighted by Gasteiger charge is -2.36. The summed E-state index contributed by atoms with van der Waals surface area (Å²) in [6.45, 7) is 3.38. The van der Waals surface area contributed by atoms with Gasteiger partial charge in [0.1, 0.15) is 17.8 Å². The first-order valence-electron chi connectivity index (χ1n) is 10.9.